The number of hydrogen-bond donors (Lipinski definition) is 2. The van der Waals surface area contributed by atoms with E-state index in [1.165, 1.54) is 0 Å². The van der Waals surface area contributed by atoms with Crippen LogP contribution in [0, 0.1) is 0 Å². The van der Waals surface area contributed by atoms with Gasteiger partial charge in [0.1, 0.15) is 6.10 Å². The van der Waals surface area contributed by atoms with Crippen molar-refractivity contribution < 1.29 is 14.3 Å². The van der Waals surface area contributed by atoms with E-state index in [1.807, 2.05) is 24.3 Å². The number of rotatable bonds is 5. The number of carbonyl (C=O) groups excluding carboxylic acids is 1. The number of nitrogens with one attached hydrogen (secondary N) is 1. The minimum atomic E-state index is -0.389. The third-order valence-corrected chi connectivity index (χ3v) is 3.17. The molecule has 1 amide bonds. The van der Waals surface area contributed by atoms with E-state index in [-0.39, 0.29) is 30.5 Å². The lowest BCUT2D eigenvalue weighted by Gasteiger charge is -2.13. The van der Waals surface area contributed by atoms with Crippen molar-refractivity contribution in [2.24, 2.45) is 5.73 Å². The van der Waals surface area contributed by atoms with Gasteiger partial charge >= 0.3 is 0 Å². The third kappa shape index (κ3) is 4.45. The van der Waals surface area contributed by atoms with Gasteiger partial charge in [0.25, 0.3) is 5.91 Å². The second-order valence-electron chi connectivity index (χ2n) is 4.68. The summed E-state index contributed by atoms with van der Waals surface area (Å²) in [6.07, 6.45) is 1.19. The number of amides is 1. The van der Waals surface area contributed by atoms with E-state index in [1.54, 1.807) is 7.11 Å². The van der Waals surface area contributed by atoms with Crippen molar-refractivity contribution >= 4 is 24.0 Å². The van der Waals surface area contributed by atoms with Crippen LogP contribution in [-0.2, 0) is 20.9 Å². The van der Waals surface area contributed by atoms with Crippen LogP contribution in [0.2, 0.25) is 0 Å². The average molecular weight is 301 g/mol. The fraction of sp³-hybridized carbons (Fsp3) is 0.500. The number of carbonyl (C=O) groups is 1. The predicted octanol–water partition coefficient (Wildman–Crippen LogP) is 1.70. The standard InChI is InChI=1S/C14H20N2O3.ClH/c1-18-9-10-3-2-4-11(7-10)16-14(17)13-6-5-12(8-15)19-13;/h2-4,7,12-13H,5-6,8-9,15H2,1H3,(H,16,17);1H/t12-,13+;/m1./s1. The summed E-state index contributed by atoms with van der Waals surface area (Å²) >= 11 is 0. The lowest BCUT2D eigenvalue weighted by Crippen LogP contribution is -2.29. The normalized spacial score (nSPS) is 21.3. The lowest BCUT2D eigenvalue weighted by atomic mass is 10.1. The summed E-state index contributed by atoms with van der Waals surface area (Å²) in [5.74, 6) is -0.106. The first-order valence-electron chi connectivity index (χ1n) is 6.47. The predicted molar refractivity (Wildman–Crippen MR) is 80.0 cm³/mol. The highest BCUT2D eigenvalue weighted by molar-refractivity contribution is 5.94. The smallest absolute Gasteiger partial charge is 0.253 e. The van der Waals surface area contributed by atoms with Crippen molar-refractivity contribution in [1.29, 1.82) is 0 Å². The number of methoxy groups -OCH3 is 1. The molecule has 0 bridgehead atoms. The Morgan fingerprint density at radius 1 is 1.50 bits per heavy atom. The van der Waals surface area contributed by atoms with Gasteiger partial charge in [0.15, 0.2) is 0 Å². The van der Waals surface area contributed by atoms with Crippen molar-refractivity contribution in [2.45, 2.75) is 31.7 Å². The van der Waals surface area contributed by atoms with Crippen LogP contribution in [0.4, 0.5) is 5.69 Å². The molecule has 0 saturated carbocycles. The van der Waals surface area contributed by atoms with Crippen LogP contribution < -0.4 is 11.1 Å². The summed E-state index contributed by atoms with van der Waals surface area (Å²) in [6.45, 7) is 0.992. The molecule has 0 unspecified atom stereocenters. The molecular formula is C14H21ClN2O3. The Balaban J connectivity index is 0.00000200. The molecule has 0 spiro atoms. The Labute approximate surface area is 125 Å². The topological polar surface area (TPSA) is 73.6 Å². The molecule has 1 fully saturated rings. The van der Waals surface area contributed by atoms with E-state index >= 15 is 0 Å². The van der Waals surface area contributed by atoms with Crippen LogP contribution in [0.1, 0.15) is 18.4 Å². The summed E-state index contributed by atoms with van der Waals surface area (Å²) in [6, 6.07) is 7.60. The summed E-state index contributed by atoms with van der Waals surface area (Å²) in [7, 11) is 1.64. The van der Waals surface area contributed by atoms with Gasteiger partial charge in [-0.1, -0.05) is 12.1 Å². The van der Waals surface area contributed by atoms with Crippen LogP contribution in [0.15, 0.2) is 24.3 Å². The average Bonchev–Trinajstić information content (AvgIpc) is 2.88. The fourth-order valence-corrected chi connectivity index (χ4v) is 2.20. The fourth-order valence-electron chi connectivity index (χ4n) is 2.20. The van der Waals surface area contributed by atoms with Crippen molar-refractivity contribution in [3.8, 4) is 0 Å². The molecule has 6 heteroatoms. The number of anilines is 1. The van der Waals surface area contributed by atoms with E-state index in [9.17, 15) is 4.79 Å². The lowest BCUT2D eigenvalue weighted by molar-refractivity contribution is -0.126. The molecular weight excluding hydrogens is 280 g/mol. The maximum atomic E-state index is 12.0. The number of nitrogens with two attached hydrogens (primary N) is 1. The first kappa shape index (κ1) is 16.9. The molecule has 1 aromatic rings. The molecule has 112 valence electrons. The van der Waals surface area contributed by atoms with Gasteiger partial charge in [-0.15, -0.1) is 12.4 Å². The molecule has 2 atom stereocenters. The molecule has 1 saturated heterocycles. The van der Waals surface area contributed by atoms with Crippen molar-refractivity contribution in [2.75, 3.05) is 19.0 Å². The van der Waals surface area contributed by atoms with E-state index in [0.717, 1.165) is 24.1 Å². The highest BCUT2D eigenvalue weighted by atomic mass is 35.5. The van der Waals surface area contributed by atoms with Gasteiger partial charge < -0.3 is 20.5 Å². The molecule has 0 aliphatic carbocycles. The van der Waals surface area contributed by atoms with E-state index < -0.39 is 0 Å². The molecule has 1 heterocycles. The molecule has 3 N–H and O–H groups in total. The second-order valence-corrected chi connectivity index (χ2v) is 4.68. The maximum Gasteiger partial charge on any atom is 0.253 e. The zero-order valence-electron chi connectivity index (χ0n) is 11.5. The van der Waals surface area contributed by atoms with Gasteiger partial charge in [-0.25, -0.2) is 0 Å². The van der Waals surface area contributed by atoms with Crippen molar-refractivity contribution in [3.63, 3.8) is 0 Å². The quantitative estimate of drug-likeness (QED) is 0.868. The molecule has 20 heavy (non-hydrogen) atoms. The number of halogens is 1. The largest absolute Gasteiger partial charge is 0.380 e. The minimum absolute atomic E-state index is 0. The van der Waals surface area contributed by atoms with Crippen molar-refractivity contribution in [1.82, 2.24) is 0 Å². The van der Waals surface area contributed by atoms with Crippen molar-refractivity contribution in [3.05, 3.63) is 29.8 Å². The van der Waals surface area contributed by atoms with Crippen LogP contribution >= 0.6 is 12.4 Å². The SMILES string of the molecule is COCc1cccc(NC(=O)[C@@H]2CC[C@H](CN)O2)c1.Cl. The Hall–Kier alpha value is -1.14. The van der Waals surface area contributed by atoms with Gasteiger partial charge in [-0.05, 0) is 30.5 Å². The molecule has 1 aliphatic rings. The van der Waals surface area contributed by atoms with Gasteiger partial charge in [0.2, 0.25) is 0 Å². The summed E-state index contributed by atoms with van der Waals surface area (Å²) in [4.78, 5) is 12.0. The van der Waals surface area contributed by atoms with Gasteiger partial charge in [-0.2, -0.15) is 0 Å². The third-order valence-electron chi connectivity index (χ3n) is 3.17. The van der Waals surface area contributed by atoms with E-state index in [4.69, 9.17) is 15.2 Å². The Morgan fingerprint density at radius 3 is 2.95 bits per heavy atom. The summed E-state index contributed by atoms with van der Waals surface area (Å²) in [5, 5.41) is 2.87. The second kappa shape index (κ2) is 8.21. The molecule has 5 nitrogen and oxygen atoms in total. The Kier molecular flexibility index (Phi) is 6.95. The van der Waals surface area contributed by atoms with E-state index in [0.29, 0.717) is 13.2 Å². The first-order chi connectivity index (χ1) is 9.22. The Morgan fingerprint density at radius 2 is 2.30 bits per heavy atom. The van der Waals surface area contributed by atoms with Crippen LogP contribution in [0.5, 0.6) is 0 Å². The molecule has 1 aliphatic heterocycles. The number of ether oxygens (including phenoxy) is 2. The molecule has 0 aromatic heterocycles. The van der Waals surface area contributed by atoms with Gasteiger partial charge in [0, 0.05) is 19.3 Å². The molecule has 0 radical (unpaired) electrons. The van der Waals surface area contributed by atoms with Gasteiger partial charge in [-0.3, -0.25) is 4.79 Å². The minimum Gasteiger partial charge on any atom is -0.380 e. The van der Waals surface area contributed by atoms with E-state index in [2.05, 4.69) is 5.32 Å². The number of benzene rings is 1. The molecule has 1 aromatic carbocycles. The molecule has 2 rings (SSSR count). The highest BCUT2D eigenvalue weighted by Crippen LogP contribution is 2.20. The zero-order chi connectivity index (χ0) is 13.7. The summed E-state index contributed by atoms with van der Waals surface area (Å²) in [5.41, 5.74) is 7.32. The maximum absolute atomic E-state index is 12.0. The summed E-state index contributed by atoms with van der Waals surface area (Å²) < 4.78 is 10.6. The first-order valence-corrected chi connectivity index (χ1v) is 6.47. The van der Waals surface area contributed by atoms with Crippen LogP contribution in [0.25, 0.3) is 0 Å². The highest BCUT2D eigenvalue weighted by Gasteiger charge is 2.29. The number of hydrogen-bond acceptors (Lipinski definition) is 4. The monoisotopic (exact) mass is 300 g/mol. The van der Waals surface area contributed by atoms with Gasteiger partial charge in [0.05, 0.1) is 12.7 Å². The Bertz CT molecular complexity index is 442. The zero-order valence-corrected chi connectivity index (χ0v) is 12.3. The van der Waals surface area contributed by atoms with Crippen LogP contribution in [0.3, 0.4) is 0 Å². The van der Waals surface area contributed by atoms with Crippen LogP contribution in [-0.4, -0.2) is 31.8 Å².